The zero-order valence-corrected chi connectivity index (χ0v) is 15.4. The van der Waals surface area contributed by atoms with Crippen LogP contribution in [0.2, 0.25) is 0 Å². The maximum absolute atomic E-state index is 12.5. The van der Waals surface area contributed by atoms with Crippen LogP contribution < -0.4 is 5.32 Å². The molecule has 1 aromatic rings. The molecule has 0 unspecified atom stereocenters. The minimum Gasteiger partial charge on any atom is -0.467 e. The van der Waals surface area contributed by atoms with Crippen molar-refractivity contribution in [1.82, 2.24) is 10.2 Å². The van der Waals surface area contributed by atoms with Gasteiger partial charge >= 0.3 is 5.97 Å². The van der Waals surface area contributed by atoms with E-state index in [9.17, 15) is 19.2 Å². The van der Waals surface area contributed by atoms with Crippen molar-refractivity contribution in [2.24, 2.45) is 0 Å². The van der Waals surface area contributed by atoms with Gasteiger partial charge in [0.1, 0.15) is 6.04 Å². The van der Waals surface area contributed by atoms with E-state index in [1.165, 1.54) is 31.4 Å². The Kier molecular flexibility index (Phi) is 6.57. The van der Waals surface area contributed by atoms with Gasteiger partial charge in [0.15, 0.2) is 0 Å². The molecule has 0 saturated carbocycles. The van der Waals surface area contributed by atoms with Gasteiger partial charge < -0.3 is 10.1 Å². The molecule has 2 rings (SSSR count). The molecule has 1 N–H and O–H groups in total. The molecule has 0 aromatic heterocycles. The Morgan fingerprint density at radius 3 is 2.62 bits per heavy atom. The van der Waals surface area contributed by atoms with Crippen LogP contribution in [0.5, 0.6) is 0 Å². The van der Waals surface area contributed by atoms with Gasteiger partial charge in [-0.15, -0.1) is 6.58 Å². The number of nitrogens with zero attached hydrogens (tertiary/aromatic N) is 1. The molecule has 0 bridgehead atoms. The number of amides is 3. The highest BCUT2D eigenvalue weighted by Crippen LogP contribution is 2.24. The molecule has 1 aromatic carbocycles. The van der Waals surface area contributed by atoms with Crippen molar-refractivity contribution in [1.29, 1.82) is 0 Å². The summed E-state index contributed by atoms with van der Waals surface area (Å²) in [6.45, 7) is 3.63. The van der Waals surface area contributed by atoms with Crippen molar-refractivity contribution in [3.8, 4) is 0 Å². The summed E-state index contributed by atoms with van der Waals surface area (Å²) in [7, 11) is 1.26. The first-order chi connectivity index (χ1) is 12.4. The Balaban J connectivity index is 2.21. The van der Waals surface area contributed by atoms with Gasteiger partial charge in [0, 0.05) is 12.1 Å². The van der Waals surface area contributed by atoms with Crippen molar-refractivity contribution >= 4 is 35.5 Å². The first-order valence-electron chi connectivity index (χ1n) is 7.93. The fraction of sp³-hybridized carbons (Fsp3) is 0.333. The number of methoxy groups -OCH3 is 1. The lowest BCUT2D eigenvalue weighted by molar-refractivity contribution is -0.142. The van der Waals surface area contributed by atoms with Crippen LogP contribution >= 0.6 is 11.8 Å². The highest BCUT2D eigenvalue weighted by atomic mass is 32.2. The number of nitrogens with one attached hydrogen (secondary N) is 1. The lowest BCUT2D eigenvalue weighted by Crippen LogP contribution is -2.42. The molecule has 8 heteroatoms. The van der Waals surface area contributed by atoms with E-state index in [0.29, 0.717) is 12.2 Å². The van der Waals surface area contributed by atoms with Gasteiger partial charge in [-0.2, -0.15) is 11.8 Å². The monoisotopic (exact) mass is 376 g/mol. The fourth-order valence-corrected chi connectivity index (χ4v) is 3.07. The zero-order chi connectivity index (χ0) is 19.3. The van der Waals surface area contributed by atoms with Gasteiger partial charge in [0.25, 0.3) is 17.7 Å². The third kappa shape index (κ3) is 3.96. The Morgan fingerprint density at radius 2 is 2.00 bits per heavy atom. The Bertz CT molecular complexity index is 762. The summed E-state index contributed by atoms with van der Waals surface area (Å²) in [6.07, 6.45) is 3.78. The molecule has 0 spiro atoms. The largest absolute Gasteiger partial charge is 0.467 e. The Morgan fingerprint density at radius 1 is 1.31 bits per heavy atom. The third-order valence-electron chi connectivity index (χ3n) is 3.95. The Labute approximate surface area is 155 Å². The third-order valence-corrected chi connectivity index (χ3v) is 4.59. The number of imide groups is 1. The number of fused-ring (bicyclic) bond motifs is 1. The van der Waals surface area contributed by atoms with E-state index in [1.54, 1.807) is 11.8 Å². The number of carbonyl (C=O) groups excluding carboxylic acids is 4. The number of rotatable bonds is 8. The molecule has 0 radical (unpaired) electrons. The minimum absolute atomic E-state index is 0.104. The van der Waals surface area contributed by atoms with Crippen molar-refractivity contribution in [2.75, 3.05) is 25.7 Å². The van der Waals surface area contributed by atoms with Gasteiger partial charge in [-0.05, 0) is 36.6 Å². The van der Waals surface area contributed by atoms with E-state index in [-0.39, 0.29) is 23.2 Å². The molecule has 26 heavy (non-hydrogen) atoms. The van der Waals surface area contributed by atoms with E-state index in [4.69, 9.17) is 4.74 Å². The molecule has 0 fully saturated rings. The maximum Gasteiger partial charge on any atom is 0.328 e. The second-order valence-corrected chi connectivity index (χ2v) is 6.59. The topological polar surface area (TPSA) is 92.8 Å². The number of thioether (sulfide) groups is 1. The number of carbonyl (C=O) groups is 4. The van der Waals surface area contributed by atoms with Crippen LogP contribution in [0.25, 0.3) is 0 Å². The fourth-order valence-electron chi connectivity index (χ4n) is 2.60. The summed E-state index contributed by atoms with van der Waals surface area (Å²) in [4.78, 5) is 49.9. The molecular weight excluding hydrogens is 356 g/mol. The van der Waals surface area contributed by atoms with E-state index in [2.05, 4.69) is 11.9 Å². The van der Waals surface area contributed by atoms with E-state index >= 15 is 0 Å². The molecule has 3 amide bonds. The first kappa shape index (κ1) is 19.7. The molecule has 0 saturated heterocycles. The molecule has 7 nitrogen and oxygen atoms in total. The van der Waals surface area contributed by atoms with Gasteiger partial charge in [-0.1, -0.05) is 6.08 Å². The highest BCUT2D eigenvalue weighted by molar-refractivity contribution is 7.98. The normalized spacial score (nSPS) is 14.0. The van der Waals surface area contributed by atoms with Gasteiger partial charge in [-0.3, -0.25) is 19.3 Å². The average molecular weight is 376 g/mol. The summed E-state index contributed by atoms with van der Waals surface area (Å²) < 4.78 is 4.71. The number of ether oxygens (including phenoxy) is 1. The average Bonchev–Trinajstić information content (AvgIpc) is 2.89. The van der Waals surface area contributed by atoms with Crippen LogP contribution in [-0.2, 0) is 9.53 Å². The second kappa shape index (κ2) is 8.66. The number of hydrogen-bond donors (Lipinski definition) is 1. The van der Waals surface area contributed by atoms with Crippen molar-refractivity contribution in [3.63, 3.8) is 0 Å². The first-order valence-corrected chi connectivity index (χ1v) is 9.32. The van der Waals surface area contributed by atoms with Crippen LogP contribution in [0.3, 0.4) is 0 Å². The Hall–Kier alpha value is -2.61. The number of hydrogen-bond acceptors (Lipinski definition) is 6. The molecule has 1 aliphatic rings. The van der Waals surface area contributed by atoms with Crippen LogP contribution in [0.15, 0.2) is 30.9 Å². The van der Waals surface area contributed by atoms with E-state index in [1.807, 2.05) is 6.26 Å². The summed E-state index contributed by atoms with van der Waals surface area (Å²) in [5.41, 5.74) is 0.618. The lowest BCUT2D eigenvalue weighted by atomic mass is 10.0. The molecule has 0 aliphatic carbocycles. The van der Waals surface area contributed by atoms with Crippen LogP contribution in [-0.4, -0.2) is 60.3 Å². The van der Waals surface area contributed by atoms with Gasteiger partial charge in [-0.25, -0.2) is 4.79 Å². The molecule has 1 heterocycles. The van der Waals surface area contributed by atoms with E-state index in [0.717, 1.165) is 4.90 Å². The number of esters is 1. The van der Waals surface area contributed by atoms with Crippen LogP contribution in [0, 0.1) is 0 Å². The molecule has 1 atom stereocenters. The molecule has 138 valence electrons. The summed E-state index contributed by atoms with van der Waals surface area (Å²) in [5, 5.41) is 2.62. The molecule has 1 aliphatic heterocycles. The van der Waals surface area contributed by atoms with Crippen molar-refractivity contribution in [3.05, 3.63) is 47.5 Å². The predicted molar refractivity (Wildman–Crippen MR) is 98.3 cm³/mol. The second-order valence-electron chi connectivity index (χ2n) is 5.60. The van der Waals surface area contributed by atoms with Gasteiger partial charge in [0.2, 0.25) is 0 Å². The summed E-state index contributed by atoms with van der Waals surface area (Å²) >= 11 is 1.55. The lowest BCUT2D eigenvalue weighted by Gasteiger charge is -2.16. The van der Waals surface area contributed by atoms with Crippen molar-refractivity contribution in [2.45, 2.75) is 12.5 Å². The number of benzene rings is 1. The zero-order valence-electron chi connectivity index (χ0n) is 14.6. The maximum atomic E-state index is 12.5. The highest BCUT2D eigenvalue weighted by Gasteiger charge is 2.35. The quantitative estimate of drug-likeness (QED) is 0.420. The SMILES string of the molecule is C=CCN1C(=O)c2ccc(C(=O)N[C@H](CCSC)C(=O)OC)cc2C1=O. The van der Waals surface area contributed by atoms with E-state index < -0.39 is 29.7 Å². The smallest absolute Gasteiger partial charge is 0.328 e. The minimum atomic E-state index is -0.775. The predicted octanol–water partition coefficient (Wildman–Crippen LogP) is 1.49. The van der Waals surface area contributed by atoms with Gasteiger partial charge in [0.05, 0.1) is 18.2 Å². The van der Waals surface area contributed by atoms with Crippen molar-refractivity contribution < 1.29 is 23.9 Å². The summed E-state index contributed by atoms with van der Waals surface area (Å²) in [5.74, 6) is -1.24. The standard InChI is InChI=1S/C18H20N2O5S/c1-4-8-20-16(22)12-6-5-11(10-13(12)17(20)23)15(21)19-14(7-9-26-3)18(24)25-2/h4-6,10,14H,1,7-9H2,2-3H3,(H,19,21)/t14-/m1/s1. The molecular formula is C18H20N2O5S. The van der Waals surface area contributed by atoms with Crippen LogP contribution in [0.1, 0.15) is 37.5 Å². The van der Waals surface area contributed by atoms with Crippen LogP contribution in [0.4, 0.5) is 0 Å². The summed E-state index contributed by atoms with van der Waals surface area (Å²) in [6, 6.07) is 3.50.